The summed E-state index contributed by atoms with van der Waals surface area (Å²) in [5.41, 5.74) is -0.103. The van der Waals surface area contributed by atoms with Crippen LogP contribution < -0.4 is 10.9 Å². The summed E-state index contributed by atoms with van der Waals surface area (Å²) in [6, 6.07) is 5.91. The van der Waals surface area contributed by atoms with E-state index in [1.807, 2.05) is 0 Å². The second kappa shape index (κ2) is 7.68. The van der Waals surface area contributed by atoms with E-state index in [0.717, 1.165) is 6.26 Å². The Kier molecular flexibility index (Phi) is 5.44. The molecule has 0 bridgehead atoms. The van der Waals surface area contributed by atoms with E-state index in [4.69, 9.17) is 9.84 Å². The molecular formula is C18H18N2O8S. The number of aliphatic carboxylic acids is 1. The molecule has 1 aliphatic rings. The minimum Gasteiger partial charge on any atom is -0.506 e. The number of carboxylic acid groups (broad SMARTS) is 1. The number of benzene rings is 1. The lowest BCUT2D eigenvalue weighted by atomic mass is 10.1. The van der Waals surface area contributed by atoms with Crippen molar-refractivity contribution in [1.82, 2.24) is 9.88 Å². The van der Waals surface area contributed by atoms with Gasteiger partial charge in [0.2, 0.25) is 0 Å². The monoisotopic (exact) mass is 422 g/mol. The quantitative estimate of drug-likeness (QED) is 0.581. The molecule has 3 rings (SSSR count). The van der Waals surface area contributed by atoms with E-state index in [9.17, 15) is 27.9 Å². The maximum absolute atomic E-state index is 12.9. The number of nitrogens with one attached hydrogen (secondary N) is 1. The summed E-state index contributed by atoms with van der Waals surface area (Å²) >= 11 is 0. The van der Waals surface area contributed by atoms with Crippen molar-refractivity contribution >= 4 is 21.7 Å². The van der Waals surface area contributed by atoms with Crippen molar-refractivity contribution < 1.29 is 33.0 Å². The molecule has 3 N–H and O–H groups in total. The number of pyridine rings is 1. The third-order valence-corrected chi connectivity index (χ3v) is 5.59. The van der Waals surface area contributed by atoms with E-state index in [1.165, 1.54) is 16.7 Å². The number of fused-ring (bicyclic) bond motifs is 1. The van der Waals surface area contributed by atoms with Gasteiger partial charge in [-0.25, -0.2) is 8.42 Å². The van der Waals surface area contributed by atoms with Crippen LogP contribution in [0.4, 0.5) is 0 Å². The highest BCUT2D eigenvalue weighted by atomic mass is 32.2. The number of hydrogen-bond acceptors (Lipinski definition) is 7. The minimum atomic E-state index is -3.37. The van der Waals surface area contributed by atoms with Gasteiger partial charge >= 0.3 is 5.97 Å². The Hall–Kier alpha value is -3.18. The highest BCUT2D eigenvalue weighted by Gasteiger charge is 2.29. The van der Waals surface area contributed by atoms with Crippen LogP contribution in [0.2, 0.25) is 0 Å². The van der Waals surface area contributed by atoms with Crippen molar-refractivity contribution in [2.24, 2.45) is 0 Å². The van der Waals surface area contributed by atoms with Crippen LogP contribution in [0.5, 0.6) is 5.75 Å². The van der Waals surface area contributed by atoms with Gasteiger partial charge in [0.15, 0.2) is 9.84 Å². The fourth-order valence-electron chi connectivity index (χ4n) is 3.02. The molecule has 0 unspecified atom stereocenters. The highest BCUT2D eigenvalue weighted by Crippen LogP contribution is 2.30. The van der Waals surface area contributed by atoms with Gasteiger partial charge in [-0.2, -0.15) is 0 Å². The molecule has 1 amide bonds. The molecule has 10 nitrogen and oxygen atoms in total. The second-order valence-corrected chi connectivity index (χ2v) is 8.54. The Balaban J connectivity index is 2.04. The molecule has 29 heavy (non-hydrogen) atoms. The number of rotatable bonds is 6. The lowest BCUT2D eigenvalue weighted by Gasteiger charge is -2.15. The molecule has 154 valence electrons. The first-order valence-corrected chi connectivity index (χ1v) is 10.3. The smallest absolute Gasteiger partial charge is 0.322 e. The van der Waals surface area contributed by atoms with E-state index >= 15 is 0 Å². The summed E-state index contributed by atoms with van der Waals surface area (Å²) in [5, 5.41) is 21.1. The molecule has 0 saturated heterocycles. The van der Waals surface area contributed by atoms with Crippen LogP contribution in [-0.4, -0.2) is 47.9 Å². The number of sulfone groups is 1. The van der Waals surface area contributed by atoms with E-state index in [2.05, 4.69) is 5.32 Å². The second-order valence-electron chi connectivity index (χ2n) is 6.53. The Bertz CT molecular complexity index is 1150. The number of carbonyl (C=O) groups is 2. The largest absolute Gasteiger partial charge is 0.506 e. The molecule has 0 atom stereocenters. The topological polar surface area (TPSA) is 152 Å². The number of hydrogen-bond donors (Lipinski definition) is 3. The summed E-state index contributed by atoms with van der Waals surface area (Å²) in [6.45, 7) is -0.656. The van der Waals surface area contributed by atoms with Gasteiger partial charge in [-0.3, -0.25) is 14.4 Å². The van der Waals surface area contributed by atoms with Crippen molar-refractivity contribution in [3.05, 3.63) is 57.0 Å². The minimum absolute atomic E-state index is 0.00628. The van der Waals surface area contributed by atoms with Crippen LogP contribution in [-0.2, 0) is 39.1 Å². The lowest BCUT2D eigenvalue weighted by Crippen LogP contribution is -2.37. The van der Waals surface area contributed by atoms with Gasteiger partial charge in [0.25, 0.3) is 11.5 Å². The van der Waals surface area contributed by atoms with Crippen LogP contribution in [0.15, 0.2) is 34.0 Å². The summed E-state index contributed by atoms with van der Waals surface area (Å²) in [5.74, 6) is -2.84. The summed E-state index contributed by atoms with van der Waals surface area (Å²) in [6.07, 6.45) is 1.08. The van der Waals surface area contributed by atoms with Crippen molar-refractivity contribution in [1.29, 1.82) is 0 Å². The van der Waals surface area contributed by atoms with Gasteiger partial charge in [0.05, 0.1) is 30.3 Å². The Morgan fingerprint density at radius 2 is 1.86 bits per heavy atom. The third-order valence-electron chi connectivity index (χ3n) is 4.46. The average Bonchev–Trinajstić information content (AvgIpc) is 3.13. The normalized spacial score (nSPS) is 13.1. The Labute approximate surface area is 165 Å². The average molecular weight is 422 g/mol. The van der Waals surface area contributed by atoms with Crippen LogP contribution in [0.25, 0.3) is 0 Å². The number of nitrogens with zero attached hydrogens (tertiary/aromatic N) is 1. The lowest BCUT2D eigenvalue weighted by molar-refractivity contribution is -0.135. The van der Waals surface area contributed by atoms with Gasteiger partial charge in [0.1, 0.15) is 17.9 Å². The molecule has 0 radical (unpaired) electrons. The molecule has 11 heteroatoms. The standard InChI is InChI=1S/C18H18N2O8S/c1-29(26,27)11-4-2-10(3-5-11)7-20-13-9-28-8-12(13)16(23)15(18(20)25)17(24)19-6-14(21)22/h2-5,23H,6-9H2,1H3,(H,19,24)(H,21,22). The van der Waals surface area contributed by atoms with Crippen molar-refractivity contribution in [3.63, 3.8) is 0 Å². The van der Waals surface area contributed by atoms with Crippen molar-refractivity contribution in [2.75, 3.05) is 12.8 Å². The van der Waals surface area contributed by atoms with Crippen LogP contribution in [0, 0.1) is 0 Å². The predicted octanol–water partition coefficient (Wildman–Crippen LogP) is -0.150. The SMILES string of the molecule is CS(=O)(=O)c1ccc(Cn2c3c(c(O)c(C(=O)NCC(=O)O)c2=O)COC3)cc1. The molecule has 2 heterocycles. The third kappa shape index (κ3) is 4.15. The Morgan fingerprint density at radius 3 is 2.45 bits per heavy atom. The number of amides is 1. The van der Waals surface area contributed by atoms with Crippen LogP contribution in [0.1, 0.15) is 27.2 Å². The van der Waals surface area contributed by atoms with Gasteiger partial charge in [-0.1, -0.05) is 12.1 Å². The number of carbonyl (C=O) groups excluding carboxylic acids is 1. The molecule has 0 fully saturated rings. The molecular weight excluding hydrogens is 404 g/mol. The number of ether oxygens (including phenoxy) is 1. The molecule has 1 aromatic carbocycles. The van der Waals surface area contributed by atoms with E-state index in [1.54, 1.807) is 12.1 Å². The van der Waals surface area contributed by atoms with E-state index < -0.39 is 45.1 Å². The summed E-state index contributed by atoms with van der Waals surface area (Å²) in [7, 11) is -3.37. The molecule has 1 aromatic heterocycles. The molecule has 1 aliphatic heterocycles. The highest BCUT2D eigenvalue weighted by molar-refractivity contribution is 7.90. The first-order valence-electron chi connectivity index (χ1n) is 8.44. The Morgan fingerprint density at radius 1 is 1.21 bits per heavy atom. The zero-order valence-electron chi connectivity index (χ0n) is 15.3. The number of aromatic hydroxyl groups is 1. The van der Waals surface area contributed by atoms with Crippen LogP contribution in [0.3, 0.4) is 0 Å². The van der Waals surface area contributed by atoms with Gasteiger partial charge < -0.3 is 24.8 Å². The maximum atomic E-state index is 12.9. The fourth-order valence-corrected chi connectivity index (χ4v) is 3.65. The predicted molar refractivity (Wildman–Crippen MR) is 99.5 cm³/mol. The van der Waals surface area contributed by atoms with Crippen LogP contribution >= 0.6 is 0 Å². The van der Waals surface area contributed by atoms with Gasteiger partial charge in [-0.15, -0.1) is 0 Å². The van der Waals surface area contributed by atoms with E-state index in [-0.39, 0.29) is 30.2 Å². The zero-order valence-corrected chi connectivity index (χ0v) is 16.2. The maximum Gasteiger partial charge on any atom is 0.322 e. The van der Waals surface area contributed by atoms with Gasteiger partial charge in [0, 0.05) is 11.8 Å². The number of aromatic nitrogens is 1. The number of carboxylic acids is 1. The summed E-state index contributed by atoms with van der Waals surface area (Å²) in [4.78, 5) is 36.0. The first-order chi connectivity index (χ1) is 13.6. The van der Waals surface area contributed by atoms with Crippen molar-refractivity contribution in [3.8, 4) is 5.75 Å². The molecule has 2 aromatic rings. The fraction of sp³-hybridized carbons (Fsp3) is 0.278. The zero-order chi connectivity index (χ0) is 21.3. The molecule has 0 spiro atoms. The summed E-state index contributed by atoms with van der Waals surface area (Å²) < 4.78 is 29.7. The molecule has 0 saturated carbocycles. The van der Waals surface area contributed by atoms with E-state index in [0.29, 0.717) is 11.3 Å². The first kappa shape index (κ1) is 20.6. The van der Waals surface area contributed by atoms with Gasteiger partial charge in [-0.05, 0) is 17.7 Å². The van der Waals surface area contributed by atoms with Crippen molar-refractivity contribution in [2.45, 2.75) is 24.7 Å². The molecule has 0 aliphatic carbocycles.